The van der Waals surface area contributed by atoms with E-state index < -0.39 is 0 Å². The average molecular weight is 396 g/mol. The topological polar surface area (TPSA) is 29.1 Å². The van der Waals surface area contributed by atoms with E-state index in [1.807, 2.05) is 24.3 Å². The normalized spacial score (nSPS) is 10.1. The maximum Gasteiger partial charge on any atom is 0.251 e. The molecule has 0 atom stereocenters. The van der Waals surface area contributed by atoms with Crippen LogP contribution in [0.15, 0.2) is 24.3 Å². The van der Waals surface area contributed by atoms with Crippen LogP contribution in [-0.4, -0.2) is 17.8 Å². The third kappa shape index (κ3) is 5.30. The Kier molecular flexibility index (Phi) is 7.03. The summed E-state index contributed by atoms with van der Waals surface area (Å²) in [7, 11) is 0. The molecule has 1 aromatic carbocycles. The van der Waals surface area contributed by atoms with Gasteiger partial charge in [-0.3, -0.25) is 4.79 Å². The number of alkyl halides is 1. The molecule has 1 N–H and O–H groups in total. The Hall–Kier alpha value is -0.100. The van der Waals surface area contributed by atoms with E-state index in [-0.39, 0.29) is 5.91 Å². The number of hydrogen-bond acceptors (Lipinski definition) is 1. The van der Waals surface area contributed by atoms with Gasteiger partial charge in [0, 0.05) is 21.0 Å². The van der Waals surface area contributed by atoms with Crippen molar-refractivity contribution in [2.45, 2.75) is 19.3 Å². The van der Waals surface area contributed by atoms with Gasteiger partial charge in [0.25, 0.3) is 5.91 Å². The predicted octanol–water partition coefficient (Wildman–Crippen LogP) is 3.59. The lowest BCUT2D eigenvalue weighted by Crippen LogP contribution is -2.24. The standard InChI is InChI=1S/C12H15BrINO/c13-8-2-1-3-9-15-12(16)10-4-6-11(14)7-5-10/h4-7H,1-3,8-9H2,(H,15,16). The fourth-order valence-electron chi connectivity index (χ4n) is 1.30. The van der Waals surface area contributed by atoms with Crippen molar-refractivity contribution in [3.63, 3.8) is 0 Å². The Balaban J connectivity index is 2.27. The van der Waals surface area contributed by atoms with Crippen molar-refractivity contribution < 1.29 is 4.79 Å². The van der Waals surface area contributed by atoms with Crippen LogP contribution in [0.2, 0.25) is 0 Å². The highest BCUT2D eigenvalue weighted by Gasteiger charge is 2.03. The molecule has 1 aromatic rings. The molecular weight excluding hydrogens is 381 g/mol. The molecule has 88 valence electrons. The summed E-state index contributed by atoms with van der Waals surface area (Å²) < 4.78 is 1.14. The van der Waals surface area contributed by atoms with Gasteiger partial charge in [0.2, 0.25) is 0 Å². The van der Waals surface area contributed by atoms with Gasteiger partial charge in [-0.25, -0.2) is 0 Å². The zero-order chi connectivity index (χ0) is 11.8. The molecule has 1 rings (SSSR count). The summed E-state index contributed by atoms with van der Waals surface area (Å²) in [6.45, 7) is 0.762. The lowest BCUT2D eigenvalue weighted by molar-refractivity contribution is 0.0953. The smallest absolute Gasteiger partial charge is 0.251 e. The largest absolute Gasteiger partial charge is 0.352 e. The quantitative estimate of drug-likeness (QED) is 0.445. The maximum atomic E-state index is 11.7. The summed E-state index contributed by atoms with van der Waals surface area (Å²) in [6.07, 6.45) is 3.36. The first-order chi connectivity index (χ1) is 7.74. The summed E-state index contributed by atoms with van der Waals surface area (Å²) in [5, 5.41) is 3.96. The first-order valence-electron chi connectivity index (χ1n) is 5.34. The minimum atomic E-state index is 0.0234. The first kappa shape index (κ1) is 14.0. The number of nitrogens with one attached hydrogen (secondary N) is 1. The molecule has 0 radical (unpaired) electrons. The van der Waals surface area contributed by atoms with Crippen LogP contribution in [0.5, 0.6) is 0 Å². The van der Waals surface area contributed by atoms with Crippen LogP contribution < -0.4 is 5.32 Å². The Morgan fingerprint density at radius 1 is 1.19 bits per heavy atom. The van der Waals surface area contributed by atoms with Crippen molar-refractivity contribution in [1.29, 1.82) is 0 Å². The van der Waals surface area contributed by atoms with Crippen molar-refractivity contribution in [2.75, 3.05) is 11.9 Å². The third-order valence-electron chi connectivity index (χ3n) is 2.20. The van der Waals surface area contributed by atoms with Gasteiger partial charge in [-0.1, -0.05) is 22.4 Å². The zero-order valence-corrected chi connectivity index (χ0v) is 12.8. The summed E-state index contributed by atoms with van der Waals surface area (Å²) >= 11 is 5.61. The zero-order valence-electron chi connectivity index (χ0n) is 9.01. The Morgan fingerprint density at radius 3 is 2.50 bits per heavy atom. The van der Waals surface area contributed by atoms with Crippen LogP contribution in [0.1, 0.15) is 29.6 Å². The minimum Gasteiger partial charge on any atom is -0.352 e. The van der Waals surface area contributed by atoms with Gasteiger partial charge in [-0.15, -0.1) is 0 Å². The van der Waals surface area contributed by atoms with Crippen molar-refractivity contribution >= 4 is 44.4 Å². The summed E-state index contributed by atoms with van der Waals surface area (Å²) in [5.74, 6) is 0.0234. The second-order valence-electron chi connectivity index (χ2n) is 3.51. The average Bonchev–Trinajstić information content (AvgIpc) is 2.29. The molecule has 16 heavy (non-hydrogen) atoms. The molecule has 0 fully saturated rings. The van der Waals surface area contributed by atoms with E-state index in [0.717, 1.165) is 33.9 Å². The molecule has 2 nitrogen and oxygen atoms in total. The molecule has 0 aliphatic heterocycles. The highest BCUT2D eigenvalue weighted by molar-refractivity contribution is 14.1. The second-order valence-corrected chi connectivity index (χ2v) is 5.55. The van der Waals surface area contributed by atoms with E-state index in [1.165, 1.54) is 6.42 Å². The van der Waals surface area contributed by atoms with E-state index in [2.05, 4.69) is 43.8 Å². The molecule has 4 heteroatoms. The number of carbonyl (C=O) groups excluding carboxylic acids is 1. The number of halogens is 2. The highest BCUT2D eigenvalue weighted by atomic mass is 127. The van der Waals surface area contributed by atoms with E-state index in [9.17, 15) is 4.79 Å². The van der Waals surface area contributed by atoms with Crippen molar-refractivity contribution in [3.05, 3.63) is 33.4 Å². The van der Waals surface area contributed by atoms with Gasteiger partial charge in [0.15, 0.2) is 0 Å². The Morgan fingerprint density at radius 2 is 1.88 bits per heavy atom. The molecule has 0 unspecified atom stereocenters. The predicted molar refractivity (Wildman–Crippen MR) is 79.1 cm³/mol. The van der Waals surface area contributed by atoms with Gasteiger partial charge in [-0.05, 0) is 59.7 Å². The van der Waals surface area contributed by atoms with Gasteiger partial charge in [0.1, 0.15) is 0 Å². The lowest BCUT2D eigenvalue weighted by Gasteiger charge is -2.04. The molecule has 0 aliphatic rings. The summed E-state index contributed by atoms with van der Waals surface area (Å²) in [4.78, 5) is 11.7. The second kappa shape index (κ2) is 8.06. The van der Waals surface area contributed by atoms with E-state index in [1.54, 1.807) is 0 Å². The van der Waals surface area contributed by atoms with E-state index >= 15 is 0 Å². The van der Waals surface area contributed by atoms with Gasteiger partial charge < -0.3 is 5.32 Å². The van der Waals surface area contributed by atoms with Crippen molar-refractivity contribution in [1.82, 2.24) is 5.32 Å². The first-order valence-corrected chi connectivity index (χ1v) is 7.54. The van der Waals surface area contributed by atoms with Gasteiger partial charge in [0.05, 0.1) is 0 Å². The van der Waals surface area contributed by atoms with Crippen molar-refractivity contribution in [3.8, 4) is 0 Å². The lowest BCUT2D eigenvalue weighted by atomic mass is 10.2. The number of unbranched alkanes of at least 4 members (excludes halogenated alkanes) is 2. The molecule has 0 bridgehead atoms. The number of rotatable bonds is 6. The van der Waals surface area contributed by atoms with Gasteiger partial charge >= 0.3 is 0 Å². The molecule has 0 saturated heterocycles. The molecule has 0 spiro atoms. The Labute approximate surface area is 118 Å². The van der Waals surface area contributed by atoms with Crippen LogP contribution in [0.4, 0.5) is 0 Å². The number of carbonyl (C=O) groups is 1. The minimum absolute atomic E-state index is 0.0234. The molecular formula is C12H15BrINO. The van der Waals surface area contributed by atoms with Crippen LogP contribution in [0.3, 0.4) is 0 Å². The van der Waals surface area contributed by atoms with Gasteiger partial charge in [-0.2, -0.15) is 0 Å². The third-order valence-corrected chi connectivity index (χ3v) is 3.48. The summed E-state index contributed by atoms with van der Waals surface area (Å²) in [6, 6.07) is 7.60. The molecule has 0 heterocycles. The van der Waals surface area contributed by atoms with Crippen LogP contribution >= 0.6 is 38.5 Å². The van der Waals surface area contributed by atoms with E-state index in [4.69, 9.17) is 0 Å². The molecule has 0 saturated carbocycles. The maximum absolute atomic E-state index is 11.7. The Bertz CT molecular complexity index is 326. The highest BCUT2D eigenvalue weighted by Crippen LogP contribution is 2.06. The number of hydrogen-bond donors (Lipinski definition) is 1. The number of benzene rings is 1. The summed E-state index contributed by atoms with van der Waals surface area (Å²) in [5.41, 5.74) is 0.737. The van der Waals surface area contributed by atoms with Crippen LogP contribution in [0, 0.1) is 3.57 Å². The van der Waals surface area contributed by atoms with Crippen LogP contribution in [0.25, 0.3) is 0 Å². The molecule has 0 aliphatic carbocycles. The SMILES string of the molecule is O=C(NCCCCCBr)c1ccc(I)cc1. The number of amides is 1. The van der Waals surface area contributed by atoms with E-state index in [0.29, 0.717) is 0 Å². The van der Waals surface area contributed by atoms with Crippen molar-refractivity contribution in [2.24, 2.45) is 0 Å². The molecule has 0 aromatic heterocycles. The fraction of sp³-hybridized carbons (Fsp3) is 0.417. The van der Waals surface area contributed by atoms with Crippen LogP contribution in [-0.2, 0) is 0 Å². The molecule has 1 amide bonds. The fourth-order valence-corrected chi connectivity index (χ4v) is 2.06. The monoisotopic (exact) mass is 395 g/mol.